The molecular weight excluding hydrogens is 230 g/mol. The monoisotopic (exact) mass is 251 g/mol. The molecule has 1 N–H and O–H groups in total. The van der Waals surface area contributed by atoms with E-state index in [1.807, 2.05) is 11.3 Å². The summed E-state index contributed by atoms with van der Waals surface area (Å²) in [5.74, 6) is 0.956. The van der Waals surface area contributed by atoms with Crippen LogP contribution < -0.4 is 5.32 Å². The molecule has 1 aromatic heterocycles. The van der Waals surface area contributed by atoms with Crippen molar-refractivity contribution in [3.8, 4) is 0 Å². The van der Waals surface area contributed by atoms with Crippen molar-refractivity contribution in [1.29, 1.82) is 0 Å². The largest absolute Gasteiger partial charge is 0.311 e. The molecule has 94 valence electrons. The van der Waals surface area contributed by atoms with Gasteiger partial charge in [-0.2, -0.15) is 0 Å². The van der Waals surface area contributed by atoms with Gasteiger partial charge in [-0.3, -0.25) is 4.90 Å². The van der Waals surface area contributed by atoms with Gasteiger partial charge in [0.05, 0.1) is 12.2 Å². The van der Waals surface area contributed by atoms with Crippen LogP contribution in [0.15, 0.2) is 0 Å². The molecule has 1 aliphatic heterocycles. The van der Waals surface area contributed by atoms with E-state index in [0.717, 1.165) is 25.0 Å². The molecule has 3 rings (SSSR count). The van der Waals surface area contributed by atoms with Crippen LogP contribution in [0.4, 0.5) is 0 Å². The number of piperazine rings is 1. The number of hydrogen-bond acceptors (Lipinski definition) is 4. The topological polar surface area (TPSA) is 28.2 Å². The number of hydrogen-bond donors (Lipinski definition) is 1. The lowest BCUT2D eigenvalue weighted by molar-refractivity contribution is 0.181. The Kier molecular flexibility index (Phi) is 3.19. The third-order valence-electron chi connectivity index (χ3n) is 3.91. The molecule has 2 fully saturated rings. The predicted octanol–water partition coefficient (Wildman–Crippen LogP) is 1.94. The maximum atomic E-state index is 4.65. The second kappa shape index (κ2) is 4.67. The first-order valence-corrected chi connectivity index (χ1v) is 7.42. The number of aryl methyl sites for hydroxylation is 2. The van der Waals surface area contributed by atoms with Gasteiger partial charge >= 0.3 is 0 Å². The molecule has 1 saturated carbocycles. The summed E-state index contributed by atoms with van der Waals surface area (Å²) in [4.78, 5) is 8.58. The zero-order valence-corrected chi connectivity index (χ0v) is 11.5. The molecule has 0 spiro atoms. The Bertz CT molecular complexity index is 378. The van der Waals surface area contributed by atoms with Crippen molar-refractivity contribution in [2.75, 3.05) is 19.6 Å². The van der Waals surface area contributed by atoms with E-state index in [2.05, 4.69) is 29.0 Å². The average molecular weight is 251 g/mol. The van der Waals surface area contributed by atoms with Gasteiger partial charge < -0.3 is 5.32 Å². The summed E-state index contributed by atoms with van der Waals surface area (Å²) in [7, 11) is 0. The quantitative estimate of drug-likeness (QED) is 0.890. The van der Waals surface area contributed by atoms with E-state index in [1.165, 1.54) is 41.5 Å². The van der Waals surface area contributed by atoms with Gasteiger partial charge in [-0.15, -0.1) is 11.3 Å². The van der Waals surface area contributed by atoms with E-state index < -0.39 is 0 Å². The van der Waals surface area contributed by atoms with Gasteiger partial charge in [0.15, 0.2) is 0 Å². The van der Waals surface area contributed by atoms with Crippen LogP contribution in [0.1, 0.15) is 28.4 Å². The second-order valence-corrected chi connectivity index (χ2v) is 6.67. The van der Waals surface area contributed by atoms with Crippen LogP contribution in [0.2, 0.25) is 0 Å². The van der Waals surface area contributed by atoms with Crippen molar-refractivity contribution in [2.45, 2.75) is 39.3 Å². The van der Waals surface area contributed by atoms with E-state index in [1.54, 1.807) is 0 Å². The summed E-state index contributed by atoms with van der Waals surface area (Å²) in [6.45, 7) is 8.85. The van der Waals surface area contributed by atoms with E-state index in [-0.39, 0.29) is 0 Å². The van der Waals surface area contributed by atoms with Gasteiger partial charge in [-0.25, -0.2) is 4.98 Å². The van der Waals surface area contributed by atoms with E-state index in [0.29, 0.717) is 0 Å². The molecule has 3 nitrogen and oxygen atoms in total. The molecule has 0 amide bonds. The standard InChI is InChI=1S/C13H21N3S/c1-9-10(2)17-13(15-9)8-16-6-5-14-12(7-16)11-3-4-11/h11-12,14H,3-8H2,1-2H3. The SMILES string of the molecule is Cc1nc(CN2CCNC(C3CC3)C2)sc1C. The highest BCUT2D eigenvalue weighted by Gasteiger charge is 2.34. The van der Waals surface area contributed by atoms with Crippen LogP contribution in [0, 0.1) is 19.8 Å². The van der Waals surface area contributed by atoms with Gasteiger partial charge in [0.25, 0.3) is 0 Å². The normalized spacial score (nSPS) is 26.4. The first kappa shape index (κ1) is 11.6. The van der Waals surface area contributed by atoms with Crippen LogP contribution in [0.3, 0.4) is 0 Å². The Hall–Kier alpha value is -0.450. The summed E-state index contributed by atoms with van der Waals surface area (Å²) in [6.07, 6.45) is 2.86. The number of nitrogens with zero attached hydrogens (tertiary/aromatic N) is 2. The lowest BCUT2D eigenvalue weighted by Gasteiger charge is -2.33. The zero-order valence-electron chi connectivity index (χ0n) is 10.7. The Morgan fingerprint density at radius 3 is 2.88 bits per heavy atom. The molecule has 0 aromatic carbocycles. The molecule has 1 aliphatic carbocycles. The molecule has 1 atom stereocenters. The minimum Gasteiger partial charge on any atom is -0.311 e. The van der Waals surface area contributed by atoms with Crippen LogP contribution in [-0.4, -0.2) is 35.6 Å². The van der Waals surface area contributed by atoms with Crippen molar-refractivity contribution in [1.82, 2.24) is 15.2 Å². The van der Waals surface area contributed by atoms with E-state index in [9.17, 15) is 0 Å². The molecule has 2 aliphatic rings. The molecule has 1 unspecified atom stereocenters. The molecule has 2 heterocycles. The summed E-state index contributed by atoms with van der Waals surface area (Å²) in [5, 5.41) is 4.94. The zero-order chi connectivity index (χ0) is 11.8. The number of thiazole rings is 1. The van der Waals surface area contributed by atoms with Crippen LogP contribution in [0.5, 0.6) is 0 Å². The fourth-order valence-electron chi connectivity index (χ4n) is 2.60. The molecule has 17 heavy (non-hydrogen) atoms. The number of rotatable bonds is 3. The minimum atomic E-state index is 0.742. The smallest absolute Gasteiger partial charge is 0.107 e. The molecule has 0 bridgehead atoms. The molecule has 4 heteroatoms. The van der Waals surface area contributed by atoms with Crippen molar-refractivity contribution >= 4 is 11.3 Å². The Labute approximate surface area is 107 Å². The second-order valence-electron chi connectivity index (χ2n) is 5.38. The fourth-order valence-corrected chi connectivity index (χ4v) is 3.57. The predicted molar refractivity (Wildman–Crippen MR) is 71.4 cm³/mol. The van der Waals surface area contributed by atoms with Crippen molar-refractivity contribution < 1.29 is 0 Å². The molecule has 1 saturated heterocycles. The number of aromatic nitrogens is 1. The molecular formula is C13H21N3S. The Morgan fingerprint density at radius 2 is 2.24 bits per heavy atom. The van der Waals surface area contributed by atoms with Crippen molar-refractivity contribution in [2.24, 2.45) is 5.92 Å². The third-order valence-corrected chi connectivity index (χ3v) is 4.97. The average Bonchev–Trinajstić information content (AvgIpc) is 3.08. The summed E-state index contributed by atoms with van der Waals surface area (Å²) < 4.78 is 0. The maximum Gasteiger partial charge on any atom is 0.107 e. The van der Waals surface area contributed by atoms with Gasteiger partial charge in [0, 0.05) is 30.6 Å². The fraction of sp³-hybridized carbons (Fsp3) is 0.769. The highest BCUT2D eigenvalue weighted by Crippen LogP contribution is 2.33. The lowest BCUT2D eigenvalue weighted by atomic mass is 10.1. The van der Waals surface area contributed by atoms with Gasteiger partial charge in [-0.05, 0) is 32.6 Å². The third kappa shape index (κ3) is 2.69. The number of nitrogens with one attached hydrogen (secondary N) is 1. The first-order chi connectivity index (χ1) is 8.22. The summed E-state index contributed by atoms with van der Waals surface area (Å²) in [5.41, 5.74) is 1.21. The summed E-state index contributed by atoms with van der Waals surface area (Å²) >= 11 is 1.86. The highest BCUT2D eigenvalue weighted by molar-refractivity contribution is 7.11. The highest BCUT2D eigenvalue weighted by atomic mass is 32.1. The summed E-state index contributed by atoms with van der Waals surface area (Å²) in [6, 6.07) is 0.742. The van der Waals surface area contributed by atoms with Crippen LogP contribution in [0.25, 0.3) is 0 Å². The van der Waals surface area contributed by atoms with Gasteiger partial charge in [0.2, 0.25) is 0 Å². The first-order valence-electron chi connectivity index (χ1n) is 6.61. The van der Waals surface area contributed by atoms with Gasteiger partial charge in [0.1, 0.15) is 5.01 Å². The molecule has 1 aromatic rings. The molecule has 0 radical (unpaired) electrons. The minimum absolute atomic E-state index is 0.742. The van der Waals surface area contributed by atoms with E-state index in [4.69, 9.17) is 0 Å². The van der Waals surface area contributed by atoms with E-state index >= 15 is 0 Å². The van der Waals surface area contributed by atoms with Crippen LogP contribution in [-0.2, 0) is 6.54 Å². The van der Waals surface area contributed by atoms with Crippen LogP contribution >= 0.6 is 11.3 Å². The Balaban J connectivity index is 1.60. The Morgan fingerprint density at radius 1 is 1.41 bits per heavy atom. The lowest BCUT2D eigenvalue weighted by Crippen LogP contribution is -2.51. The van der Waals surface area contributed by atoms with Crippen molar-refractivity contribution in [3.63, 3.8) is 0 Å². The van der Waals surface area contributed by atoms with Crippen molar-refractivity contribution in [3.05, 3.63) is 15.6 Å². The van der Waals surface area contributed by atoms with Gasteiger partial charge in [-0.1, -0.05) is 0 Å². The maximum absolute atomic E-state index is 4.65.